The summed E-state index contributed by atoms with van der Waals surface area (Å²) in [5, 5.41) is 2.79. The van der Waals surface area contributed by atoms with Gasteiger partial charge in [0.05, 0.1) is 6.10 Å². The first-order chi connectivity index (χ1) is 12.5. The van der Waals surface area contributed by atoms with Crippen molar-refractivity contribution in [2.24, 2.45) is 0 Å². The van der Waals surface area contributed by atoms with Crippen molar-refractivity contribution in [2.75, 3.05) is 13.2 Å². The first-order valence-corrected chi connectivity index (χ1v) is 8.68. The second kappa shape index (κ2) is 9.77. The van der Waals surface area contributed by atoms with Crippen molar-refractivity contribution in [3.05, 3.63) is 53.5 Å². The highest BCUT2D eigenvalue weighted by molar-refractivity contribution is 5.94. The number of amides is 1. The van der Waals surface area contributed by atoms with Crippen molar-refractivity contribution >= 4 is 11.7 Å². The zero-order chi connectivity index (χ0) is 18.9. The summed E-state index contributed by atoms with van der Waals surface area (Å²) >= 11 is 0. The van der Waals surface area contributed by atoms with E-state index in [-0.39, 0.29) is 30.2 Å². The van der Waals surface area contributed by atoms with E-state index in [9.17, 15) is 9.59 Å². The molecule has 6 nitrogen and oxygen atoms in total. The molecule has 0 bridgehead atoms. The summed E-state index contributed by atoms with van der Waals surface area (Å²) < 4.78 is 16.5. The maximum Gasteiger partial charge on any atom is 0.286 e. The van der Waals surface area contributed by atoms with E-state index in [1.807, 2.05) is 13.8 Å². The molecule has 0 fully saturated rings. The number of ketones is 1. The molecule has 0 radical (unpaired) electrons. The van der Waals surface area contributed by atoms with Crippen LogP contribution in [0.25, 0.3) is 0 Å². The largest absolute Gasteiger partial charge is 0.486 e. The standard InChI is InChI=1S/C20H25NO5/c1-14(2)24-12-4-11-21-20(23)19-10-9-18(26-19)13-25-17-7-5-16(6-8-17)15(3)22/h5-10,14H,4,11-13H2,1-3H3,(H,21,23). The zero-order valence-electron chi connectivity index (χ0n) is 15.4. The molecule has 0 saturated heterocycles. The first-order valence-electron chi connectivity index (χ1n) is 8.68. The molecule has 140 valence electrons. The van der Waals surface area contributed by atoms with Crippen LogP contribution in [0.1, 0.15) is 53.9 Å². The molecule has 0 atom stereocenters. The molecular formula is C20H25NO5. The molecule has 1 heterocycles. The molecular weight excluding hydrogens is 334 g/mol. The fourth-order valence-corrected chi connectivity index (χ4v) is 2.20. The molecule has 1 N–H and O–H groups in total. The van der Waals surface area contributed by atoms with E-state index in [0.29, 0.717) is 30.2 Å². The van der Waals surface area contributed by atoms with Gasteiger partial charge in [0.1, 0.15) is 18.1 Å². The maximum atomic E-state index is 12.0. The Hall–Kier alpha value is -2.60. The highest BCUT2D eigenvalue weighted by atomic mass is 16.5. The lowest BCUT2D eigenvalue weighted by Crippen LogP contribution is -2.25. The predicted octanol–water partition coefficient (Wildman–Crippen LogP) is 3.61. The summed E-state index contributed by atoms with van der Waals surface area (Å²) in [7, 11) is 0. The number of carbonyl (C=O) groups is 2. The molecule has 0 unspecified atom stereocenters. The van der Waals surface area contributed by atoms with Gasteiger partial charge in [0, 0.05) is 18.7 Å². The first kappa shape index (κ1) is 19.7. The number of carbonyl (C=O) groups excluding carboxylic acids is 2. The number of furan rings is 1. The van der Waals surface area contributed by atoms with Crippen molar-refractivity contribution in [3.63, 3.8) is 0 Å². The lowest BCUT2D eigenvalue weighted by molar-refractivity contribution is 0.0752. The zero-order valence-corrected chi connectivity index (χ0v) is 15.4. The van der Waals surface area contributed by atoms with Gasteiger partial charge in [-0.2, -0.15) is 0 Å². The summed E-state index contributed by atoms with van der Waals surface area (Å²) in [6.07, 6.45) is 0.939. The second-order valence-corrected chi connectivity index (χ2v) is 6.16. The number of Topliss-reactive ketones (excluding diaryl/α,β-unsaturated/α-hetero) is 1. The topological polar surface area (TPSA) is 77.8 Å². The SMILES string of the molecule is CC(=O)c1ccc(OCc2ccc(C(=O)NCCCOC(C)C)o2)cc1. The number of hydrogen-bond donors (Lipinski definition) is 1. The van der Waals surface area contributed by atoms with Crippen molar-refractivity contribution < 1.29 is 23.5 Å². The predicted molar refractivity (Wildman–Crippen MR) is 97.5 cm³/mol. The summed E-state index contributed by atoms with van der Waals surface area (Å²) in [5.41, 5.74) is 0.633. The second-order valence-electron chi connectivity index (χ2n) is 6.16. The summed E-state index contributed by atoms with van der Waals surface area (Å²) in [5.74, 6) is 1.18. The average molecular weight is 359 g/mol. The Labute approximate surface area is 153 Å². The van der Waals surface area contributed by atoms with Gasteiger partial charge in [-0.25, -0.2) is 0 Å². The molecule has 0 aliphatic heterocycles. The van der Waals surface area contributed by atoms with Crippen LogP contribution in [-0.2, 0) is 11.3 Å². The van der Waals surface area contributed by atoms with Gasteiger partial charge in [-0.3, -0.25) is 9.59 Å². The van der Waals surface area contributed by atoms with Crippen LogP contribution < -0.4 is 10.1 Å². The molecule has 0 spiro atoms. The molecule has 1 aromatic carbocycles. The summed E-state index contributed by atoms with van der Waals surface area (Å²) in [4.78, 5) is 23.3. The highest BCUT2D eigenvalue weighted by Gasteiger charge is 2.11. The van der Waals surface area contributed by atoms with Gasteiger partial charge in [-0.1, -0.05) is 0 Å². The van der Waals surface area contributed by atoms with Crippen LogP contribution in [0.15, 0.2) is 40.8 Å². The maximum absolute atomic E-state index is 12.0. The number of ether oxygens (including phenoxy) is 2. The Bertz CT molecular complexity index is 718. The summed E-state index contributed by atoms with van der Waals surface area (Å²) in [6.45, 7) is 6.81. The lowest BCUT2D eigenvalue weighted by atomic mass is 10.1. The van der Waals surface area contributed by atoms with E-state index in [4.69, 9.17) is 13.9 Å². The third-order valence-electron chi connectivity index (χ3n) is 3.59. The molecule has 1 aromatic heterocycles. The Morgan fingerprint density at radius 1 is 1.12 bits per heavy atom. The van der Waals surface area contributed by atoms with Gasteiger partial charge in [-0.05, 0) is 63.6 Å². The fourth-order valence-electron chi connectivity index (χ4n) is 2.20. The Morgan fingerprint density at radius 2 is 1.85 bits per heavy atom. The smallest absolute Gasteiger partial charge is 0.286 e. The van der Waals surface area contributed by atoms with Gasteiger partial charge in [0.25, 0.3) is 5.91 Å². The van der Waals surface area contributed by atoms with Crippen LogP contribution in [0, 0.1) is 0 Å². The number of rotatable bonds is 10. The molecule has 0 aliphatic rings. The van der Waals surface area contributed by atoms with Crippen LogP contribution in [-0.4, -0.2) is 30.9 Å². The van der Waals surface area contributed by atoms with Gasteiger partial charge in [-0.15, -0.1) is 0 Å². The number of nitrogens with one attached hydrogen (secondary N) is 1. The van der Waals surface area contributed by atoms with Crippen molar-refractivity contribution in [1.82, 2.24) is 5.32 Å². The van der Waals surface area contributed by atoms with Gasteiger partial charge in [0.2, 0.25) is 0 Å². The van der Waals surface area contributed by atoms with Gasteiger partial charge >= 0.3 is 0 Å². The van der Waals surface area contributed by atoms with E-state index in [2.05, 4.69) is 5.32 Å². The van der Waals surface area contributed by atoms with Gasteiger partial charge < -0.3 is 19.2 Å². The minimum absolute atomic E-state index is 0.00834. The number of hydrogen-bond acceptors (Lipinski definition) is 5. The van der Waals surface area contributed by atoms with Crippen LogP contribution in [0.3, 0.4) is 0 Å². The van der Waals surface area contributed by atoms with Crippen molar-refractivity contribution in [1.29, 1.82) is 0 Å². The van der Waals surface area contributed by atoms with Gasteiger partial charge in [0.15, 0.2) is 11.5 Å². The Morgan fingerprint density at radius 3 is 2.50 bits per heavy atom. The van der Waals surface area contributed by atoms with Crippen LogP contribution >= 0.6 is 0 Å². The number of benzene rings is 1. The fraction of sp³-hybridized carbons (Fsp3) is 0.400. The lowest BCUT2D eigenvalue weighted by Gasteiger charge is -2.07. The third-order valence-corrected chi connectivity index (χ3v) is 3.59. The van der Waals surface area contributed by atoms with E-state index in [0.717, 1.165) is 6.42 Å². The molecule has 0 saturated carbocycles. The molecule has 0 aliphatic carbocycles. The van der Waals surface area contributed by atoms with Crippen molar-refractivity contribution in [2.45, 2.75) is 39.9 Å². The third kappa shape index (κ3) is 6.37. The van der Waals surface area contributed by atoms with E-state index in [1.54, 1.807) is 36.4 Å². The quantitative estimate of drug-likeness (QED) is 0.518. The Balaban J connectivity index is 1.76. The monoisotopic (exact) mass is 359 g/mol. The van der Waals surface area contributed by atoms with Crippen molar-refractivity contribution in [3.8, 4) is 5.75 Å². The van der Waals surface area contributed by atoms with Crippen LogP contribution in [0.5, 0.6) is 5.75 Å². The molecule has 2 aromatic rings. The summed E-state index contributed by atoms with van der Waals surface area (Å²) in [6, 6.07) is 10.2. The molecule has 1 amide bonds. The minimum Gasteiger partial charge on any atom is -0.486 e. The minimum atomic E-state index is -0.258. The molecule has 26 heavy (non-hydrogen) atoms. The Kier molecular flexibility index (Phi) is 7.41. The van der Waals surface area contributed by atoms with Crippen LogP contribution in [0.2, 0.25) is 0 Å². The molecule has 2 rings (SSSR count). The normalized spacial score (nSPS) is 10.8. The average Bonchev–Trinajstić information content (AvgIpc) is 3.08. The van der Waals surface area contributed by atoms with E-state index < -0.39 is 0 Å². The van der Waals surface area contributed by atoms with E-state index >= 15 is 0 Å². The molecule has 6 heteroatoms. The van der Waals surface area contributed by atoms with E-state index in [1.165, 1.54) is 6.92 Å². The highest BCUT2D eigenvalue weighted by Crippen LogP contribution is 2.16. The van der Waals surface area contributed by atoms with Crippen LogP contribution in [0.4, 0.5) is 0 Å².